The van der Waals surface area contributed by atoms with Crippen molar-refractivity contribution < 1.29 is 15.0 Å². The van der Waals surface area contributed by atoms with Crippen LogP contribution < -0.4 is 10.2 Å². The minimum absolute atomic E-state index is 0.318. The molecule has 0 aliphatic carbocycles. The fourth-order valence-electron chi connectivity index (χ4n) is 2.63. The molecule has 1 rings (SSSR count). The van der Waals surface area contributed by atoms with E-state index in [9.17, 15) is 4.79 Å². The number of hydrogen-bond donors (Lipinski definition) is 2. The van der Waals surface area contributed by atoms with Crippen LogP contribution in [0.3, 0.4) is 0 Å². The van der Waals surface area contributed by atoms with Gasteiger partial charge in [0.2, 0.25) is 0 Å². The van der Waals surface area contributed by atoms with Gasteiger partial charge in [-0.15, -0.1) is 0 Å². The number of amides is 1. The molecule has 2 atom stereocenters. The summed E-state index contributed by atoms with van der Waals surface area (Å²) in [5, 5.41) is 2.14. The third kappa shape index (κ3) is 4.64. The fraction of sp³-hybridized carbons (Fsp3) is 0.923. The Morgan fingerprint density at radius 3 is 2.41 bits per heavy atom. The number of nitrogens with zero attached hydrogens (tertiary/aromatic N) is 1. The maximum absolute atomic E-state index is 12.2. The third-order valence-corrected chi connectivity index (χ3v) is 3.65. The summed E-state index contributed by atoms with van der Waals surface area (Å²) >= 11 is 0. The molecule has 1 fully saturated rings. The molecule has 0 saturated carbocycles. The molecule has 4 nitrogen and oxygen atoms in total. The average Bonchev–Trinajstić information content (AvgIpc) is 2.24. The normalized spacial score (nSPS) is 25.4. The lowest BCUT2D eigenvalue weighted by atomic mass is 9.97. The van der Waals surface area contributed by atoms with Gasteiger partial charge in [-0.3, -0.25) is 4.79 Å². The Morgan fingerprint density at radius 1 is 1.29 bits per heavy atom. The van der Waals surface area contributed by atoms with Gasteiger partial charge in [-0.25, -0.2) is 0 Å². The minimum Gasteiger partial charge on any atom is -0.335 e. The molecule has 1 aliphatic rings. The SMILES string of the molecule is C[C@H]1CCC[C@H](C)N1C(=O)C[NH2+]CC[NH+](C)C. The predicted molar refractivity (Wildman–Crippen MR) is 69.0 cm³/mol. The molecular formula is C13H29N3O+2. The lowest BCUT2D eigenvalue weighted by Crippen LogP contribution is -3.09. The summed E-state index contributed by atoms with van der Waals surface area (Å²) in [6, 6.07) is 0.859. The molecule has 4 heteroatoms. The Bertz CT molecular complexity index is 233. The second-order valence-corrected chi connectivity index (χ2v) is 5.67. The Balaban J connectivity index is 2.30. The van der Waals surface area contributed by atoms with Crippen LogP contribution in [-0.2, 0) is 4.79 Å². The molecule has 100 valence electrons. The standard InChI is InChI=1S/C13H27N3O/c1-11-6-5-7-12(2)16(11)13(17)10-14-8-9-15(3)4/h11-12,14H,5-10H2,1-4H3/p+2/t11-,12-/m0/s1. The number of likely N-dealkylation sites (tertiary alicyclic amines) is 1. The number of rotatable bonds is 5. The number of quaternary nitrogens is 2. The van der Waals surface area contributed by atoms with Crippen molar-refractivity contribution in [2.75, 3.05) is 33.7 Å². The van der Waals surface area contributed by atoms with Crippen LogP contribution in [0.15, 0.2) is 0 Å². The van der Waals surface area contributed by atoms with Crippen LogP contribution in [0.2, 0.25) is 0 Å². The van der Waals surface area contributed by atoms with Crippen molar-refractivity contribution in [2.45, 2.75) is 45.2 Å². The van der Waals surface area contributed by atoms with Crippen molar-refractivity contribution in [3.8, 4) is 0 Å². The highest BCUT2D eigenvalue weighted by Gasteiger charge is 2.29. The van der Waals surface area contributed by atoms with E-state index in [-0.39, 0.29) is 0 Å². The van der Waals surface area contributed by atoms with Gasteiger partial charge in [0.1, 0.15) is 13.1 Å². The number of hydrogen-bond acceptors (Lipinski definition) is 1. The molecule has 0 radical (unpaired) electrons. The first kappa shape index (κ1) is 14.5. The van der Waals surface area contributed by atoms with Crippen LogP contribution in [0.1, 0.15) is 33.1 Å². The average molecular weight is 243 g/mol. The third-order valence-electron chi connectivity index (χ3n) is 3.65. The maximum atomic E-state index is 12.2. The van der Waals surface area contributed by atoms with Gasteiger partial charge in [-0.1, -0.05) is 0 Å². The van der Waals surface area contributed by atoms with Gasteiger partial charge in [0.05, 0.1) is 14.1 Å². The Labute approximate surface area is 105 Å². The second kappa shape index (κ2) is 6.97. The lowest BCUT2D eigenvalue weighted by molar-refractivity contribution is -0.873. The van der Waals surface area contributed by atoms with E-state index >= 15 is 0 Å². The van der Waals surface area contributed by atoms with Crippen molar-refractivity contribution in [1.82, 2.24) is 4.90 Å². The smallest absolute Gasteiger partial charge is 0.278 e. The van der Waals surface area contributed by atoms with E-state index in [0.29, 0.717) is 24.5 Å². The monoisotopic (exact) mass is 243 g/mol. The van der Waals surface area contributed by atoms with E-state index in [4.69, 9.17) is 0 Å². The van der Waals surface area contributed by atoms with Gasteiger partial charge >= 0.3 is 0 Å². The summed E-state index contributed by atoms with van der Waals surface area (Å²) in [7, 11) is 4.29. The van der Waals surface area contributed by atoms with Crippen LogP contribution in [0.4, 0.5) is 0 Å². The highest BCUT2D eigenvalue weighted by molar-refractivity contribution is 5.77. The summed E-state index contributed by atoms with van der Waals surface area (Å²) in [6.07, 6.45) is 3.59. The quantitative estimate of drug-likeness (QED) is 0.566. The first-order chi connectivity index (χ1) is 8.02. The number of piperidine rings is 1. The summed E-state index contributed by atoms with van der Waals surface area (Å²) in [4.78, 5) is 15.7. The fourth-order valence-corrected chi connectivity index (χ4v) is 2.63. The molecule has 0 aromatic carbocycles. The molecule has 0 bridgehead atoms. The zero-order chi connectivity index (χ0) is 12.8. The molecule has 0 aromatic heterocycles. The number of carbonyl (C=O) groups excluding carboxylic acids is 1. The van der Waals surface area contributed by atoms with Crippen LogP contribution in [-0.4, -0.2) is 56.6 Å². The van der Waals surface area contributed by atoms with Crippen molar-refractivity contribution in [1.29, 1.82) is 0 Å². The van der Waals surface area contributed by atoms with Gasteiger partial charge < -0.3 is 15.1 Å². The van der Waals surface area contributed by atoms with E-state index in [1.165, 1.54) is 11.3 Å². The van der Waals surface area contributed by atoms with E-state index in [1.807, 2.05) is 0 Å². The van der Waals surface area contributed by atoms with Crippen LogP contribution in [0.25, 0.3) is 0 Å². The van der Waals surface area contributed by atoms with Gasteiger partial charge in [0, 0.05) is 12.1 Å². The summed E-state index contributed by atoms with van der Waals surface area (Å²) < 4.78 is 0. The molecule has 1 amide bonds. The first-order valence-electron chi connectivity index (χ1n) is 6.94. The second-order valence-electron chi connectivity index (χ2n) is 5.67. The Hall–Kier alpha value is -0.610. The number of carbonyl (C=O) groups is 1. The van der Waals surface area contributed by atoms with Crippen molar-refractivity contribution in [2.24, 2.45) is 0 Å². The van der Waals surface area contributed by atoms with Crippen molar-refractivity contribution >= 4 is 5.91 Å². The van der Waals surface area contributed by atoms with Crippen LogP contribution in [0.5, 0.6) is 0 Å². The van der Waals surface area contributed by atoms with E-state index < -0.39 is 0 Å². The molecule has 0 unspecified atom stereocenters. The zero-order valence-corrected chi connectivity index (χ0v) is 11.8. The lowest BCUT2D eigenvalue weighted by Gasteiger charge is -2.38. The van der Waals surface area contributed by atoms with Gasteiger partial charge in [0.15, 0.2) is 6.54 Å². The largest absolute Gasteiger partial charge is 0.335 e. The molecular weight excluding hydrogens is 214 g/mol. The maximum Gasteiger partial charge on any atom is 0.278 e. The minimum atomic E-state index is 0.318. The molecule has 1 aliphatic heterocycles. The van der Waals surface area contributed by atoms with Gasteiger partial charge in [0.25, 0.3) is 5.91 Å². The van der Waals surface area contributed by atoms with E-state index in [0.717, 1.165) is 25.9 Å². The summed E-state index contributed by atoms with van der Waals surface area (Å²) in [5.74, 6) is 0.318. The number of likely N-dealkylation sites (N-methyl/N-ethyl adjacent to an activating group) is 1. The van der Waals surface area contributed by atoms with E-state index in [2.05, 4.69) is 38.2 Å². The molecule has 17 heavy (non-hydrogen) atoms. The Morgan fingerprint density at radius 2 is 1.88 bits per heavy atom. The first-order valence-corrected chi connectivity index (χ1v) is 6.94. The highest BCUT2D eigenvalue weighted by atomic mass is 16.2. The molecule has 1 heterocycles. The number of nitrogens with two attached hydrogens (primary N) is 1. The van der Waals surface area contributed by atoms with Crippen molar-refractivity contribution in [3.05, 3.63) is 0 Å². The summed E-state index contributed by atoms with van der Waals surface area (Å²) in [5.41, 5.74) is 0. The topological polar surface area (TPSA) is 41.4 Å². The van der Waals surface area contributed by atoms with Gasteiger partial charge in [-0.2, -0.15) is 0 Å². The van der Waals surface area contributed by atoms with E-state index in [1.54, 1.807) is 0 Å². The molecule has 0 spiro atoms. The van der Waals surface area contributed by atoms with Gasteiger partial charge in [-0.05, 0) is 33.1 Å². The molecule has 1 saturated heterocycles. The van der Waals surface area contributed by atoms with Crippen molar-refractivity contribution in [3.63, 3.8) is 0 Å². The Kier molecular flexibility index (Phi) is 5.92. The van der Waals surface area contributed by atoms with Crippen LogP contribution in [0, 0.1) is 0 Å². The summed E-state index contributed by atoms with van der Waals surface area (Å²) in [6.45, 7) is 7.11. The highest BCUT2D eigenvalue weighted by Crippen LogP contribution is 2.21. The van der Waals surface area contributed by atoms with Crippen LogP contribution >= 0.6 is 0 Å². The zero-order valence-electron chi connectivity index (χ0n) is 11.8. The predicted octanol–water partition coefficient (Wildman–Crippen LogP) is -1.52. The molecule has 3 N–H and O–H groups in total. The number of nitrogens with one attached hydrogen (secondary N) is 1. The molecule has 0 aromatic rings.